The lowest BCUT2D eigenvalue weighted by Crippen LogP contribution is -2.43. The van der Waals surface area contributed by atoms with Crippen molar-refractivity contribution in [3.63, 3.8) is 0 Å². The Morgan fingerprint density at radius 3 is 2.12 bits per heavy atom. The zero-order chi connectivity index (χ0) is 25.1. The molecule has 12 heteroatoms. The molecule has 0 saturated heterocycles. The van der Waals surface area contributed by atoms with Crippen LogP contribution in [0.3, 0.4) is 0 Å². The summed E-state index contributed by atoms with van der Waals surface area (Å²) in [5, 5.41) is 6.86. The van der Waals surface area contributed by atoms with Crippen LogP contribution in [0.1, 0.15) is 45.4 Å². The fourth-order valence-corrected chi connectivity index (χ4v) is 4.80. The van der Waals surface area contributed by atoms with Crippen molar-refractivity contribution >= 4 is 27.3 Å². The molecule has 1 aromatic carbocycles. The third-order valence-electron chi connectivity index (χ3n) is 6.26. The van der Waals surface area contributed by atoms with Gasteiger partial charge in [0.25, 0.3) is 15.7 Å². The normalized spacial score (nSPS) is 23.4. The number of primary amides is 1. The molecule has 6 N–H and O–H groups in total. The summed E-state index contributed by atoms with van der Waals surface area (Å²) in [5.74, 6) is -0.261. The third kappa shape index (κ3) is 6.50. The number of carbonyl (C=O) groups excluding carboxylic acids is 1. The molecule has 0 bridgehead atoms. The van der Waals surface area contributed by atoms with Gasteiger partial charge in [0.2, 0.25) is 0 Å². The summed E-state index contributed by atoms with van der Waals surface area (Å²) in [4.78, 5) is 15.0. The molecule has 0 aromatic heterocycles. The SMILES string of the molecule is C[C@@H](NC1CCC(N/C=C(/C(N)=O)C(N)=Nc2ccc(S(=O)(=O)C(F)(F)F)cc2)CC1)C1CC1. The Bertz CT molecular complexity index is 1040. The number of carbonyl (C=O) groups is 1. The molecule has 0 spiro atoms. The van der Waals surface area contributed by atoms with Crippen LogP contribution in [0.2, 0.25) is 0 Å². The molecule has 0 unspecified atom stereocenters. The Balaban J connectivity index is 1.61. The highest BCUT2D eigenvalue weighted by molar-refractivity contribution is 7.92. The van der Waals surface area contributed by atoms with Crippen molar-refractivity contribution in [2.75, 3.05) is 0 Å². The predicted octanol–water partition coefficient (Wildman–Crippen LogP) is 2.63. The van der Waals surface area contributed by atoms with Gasteiger partial charge in [-0.2, -0.15) is 13.2 Å². The Labute approximate surface area is 197 Å². The van der Waals surface area contributed by atoms with Crippen LogP contribution in [-0.4, -0.2) is 43.8 Å². The van der Waals surface area contributed by atoms with Crippen molar-refractivity contribution in [2.45, 2.75) is 74.0 Å². The van der Waals surface area contributed by atoms with Gasteiger partial charge in [-0.05, 0) is 75.6 Å². The molecule has 1 aromatic rings. The van der Waals surface area contributed by atoms with Crippen molar-refractivity contribution in [3.05, 3.63) is 36.0 Å². The van der Waals surface area contributed by atoms with E-state index in [0.29, 0.717) is 12.1 Å². The van der Waals surface area contributed by atoms with E-state index in [-0.39, 0.29) is 23.1 Å². The van der Waals surface area contributed by atoms with Gasteiger partial charge >= 0.3 is 5.51 Å². The third-order valence-corrected chi connectivity index (χ3v) is 7.76. The minimum absolute atomic E-state index is 0.0714. The van der Waals surface area contributed by atoms with Crippen LogP contribution >= 0.6 is 0 Å². The quantitative estimate of drug-likeness (QED) is 0.233. The molecule has 188 valence electrons. The number of hydrogen-bond acceptors (Lipinski definition) is 6. The van der Waals surface area contributed by atoms with Gasteiger partial charge in [0.15, 0.2) is 0 Å². The number of aliphatic imine (C=N–C) groups is 1. The predicted molar refractivity (Wildman–Crippen MR) is 123 cm³/mol. The Morgan fingerprint density at radius 1 is 1.06 bits per heavy atom. The van der Waals surface area contributed by atoms with Gasteiger partial charge < -0.3 is 22.1 Å². The smallest absolute Gasteiger partial charge is 0.387 e. The van der Waals surface area contributed by atoms with Crippen molar-refractivity contribution in [2.24, 2.45) is 22.4 Å². The molecule has 2 saturated carbocycles. The van der Waals surface area contributed by atoms with E-state index in [9.17, 15) is 26.4 Å². The molecule has 1 atom stereocenters. The van der Waals surface area contributed by atoms with Gasteiger partial charge in [-0.1, -0.05) is 0 Å². The molecule has 2 fully saturated rings. The van der Waals surface area contributed by atoms with Gasteiger partial charge in [-0.25, -0.2) is 13.4 Å². The number of halogens is 3. The Kier molecular flexibility index (Phi) is 7.91. The van der Waals surface area contributed by atoms with Crippen molar-refractivity contribution in [3.8, 4) is 0 Å². The summed E-state index contributed by atoms with van der Waals surface area (Å²) in [6.07, 6.45) is 7.83. The van der Waals surface area contributed by atoms with E-state index in [2.05, 4.69) is 22.5 Å². The highest BCUT2D eigenvalue weighted by Crippen LogP contribution is 2.33. The van der Waals surface area contributed by atoms with Gasteiger partial charge in [-0.3, -0.25) is 4.79 Å². The first-order chi connectivity index (χ1) is 15.9. The fraction of sp³-hybridized carbons (Fsp3) is 0.545. The van der Waals surface area contributed by atoms with E-state index < -0.39 is 26.1 Å². The molecule has 2 aliphatic rings. The lowest BCUT2D eigenvalue weighted by atomic mass is 9.90. The molecule has 1 amide bonds. The number of nitrogens with two attached hydrogens (primary N) is 2. The highest BCUT2D eigenvalue weighted by Gasteiger charge is 2.46. The maximum absolute atomic E-state index is 12.7. The number of sulfone groups is 1. The van der Waals surface area contributed by atoms with E-state index in [1.807, 2.05) is 0 Å². The van der Waals surface area contributed by atoms with Crippen LogP contribution in [0.5, 0.6) is 0 Å². The Hall–Kier alpha value is -2.60. The molecule has 2 aliphatic carbocycles. The number of alkyl halides is 3. The zero-order valence-electron chi connectivity index (χ0n) is 18.8. The molecule has 0 aliphatic heterocycles. The van der Waals surface area contributed by atoms with Crippen LogP contribution < -0.4 is 22.1 Å². The number of amidine groups is 1. The lowest BCUT2D eigenvalue weighted by molar-refractivity contribution is -0.114. The minimum atomic E-state index is -5.46. The molecule has 0 heterocycles. The van der Waals surface area contributed by atoms with E-state index in [1.165, 1.54) is 19.0 Å². The van der Waals surface area contributed by atoms with Crippen LogP contribution in [0.4, 0.5) is 18.9 Å². The number of nitrogens with one attached hydrogen (secondary N) is 2. The van der Waals surface area contributed by atoms with E-state index in [0.717, 1.165) is 55.9 Å². The van der Waals surface area contributed by atoms with E-state index >= 15 is 0 Å². The van der Waals surface area contributed by atoms with Crippen LogP contribution in [0, 0.1) is 5.92 Å². The standard InChI is InChI=1S/C22H30F3N5O3S/c1-13(14-2-3-14)29-16-6-4-15(5-7-16)28-12-19(21(27)31)20(26)30-17-8-10-18(11-9-17)34(32,33)22(23,24)25/h8-16,28-29H,2-7H2,1H3,(H2,26,30)(H2,27,31)/b19-12+/t13-,15?,16?/m1/s1. The monoisotopic (exact) mass is 501 g/mol. The molecule has 0 radical (unpaired) electrons. The lowest BCUT2D eigenvalue weighted by Gasteiger charge is -2.31. The number of hydrogen-bond donors (Lipinski definition) is 4. The molecular weight excluding hydrogens is 471 g/mol. The fourth-order valence-electron chi connectivity index (χ4n) is 4.04. The summed E-state index contributed by atoms with van der Waals surface area (Å²) >= 11 is 0. The number of rotatable bonds is 9. The van der Waals surface area contributed by atoms with Gasteiger partial charge in [0.05, 0.1) is 16.2 Å². The summed E-state index contributed by atoms with van der Waals surface area (Å²) in [6, 6.07) is 4.83. The topological polar surface area (TPSA) is 140 Å². The molecular formula is C22H30F3N5O3S. The Morgan fingerprint density at radius 2 is 1.62 bits per heavy atom. The van der Waals surface area contributed by atoms with Crippen LogP contribution in [0.25, 0.3) is 0 Å². The molecule has 3 rings (SSSR count). The second-order valence-electron chi connectivity index (χ2n) is 8.87. The second-order valence-corrected chi connectivity index (χ2v) is 10.8. The second kappa shape index (κ2) is 10.3. The first kappa shape index (κ1) is 26.0. The summed E-state index contributed by atoms with van der Waals surface area (Å²) in [5.41, 5.74) is 5.92. The summed E-state index contributed by atoms with van der Waals surface area (Å²) in [6.45, 7) is 2.23. The van der Waals surface area contributed by atoms with E-state index in [4.69, 9.17) is 11.5 Å². The van der Waals surface area contributed by atoms with Crippen molar-refractivity contribution in [1.82, 2.24) is 10.6 Å². The minimum Gasteiger partial charge on any atom is -0.387 e. The van der Waals surface area contributed by atoms with Gasteiger partial charge in [-0.15, -0.1) is 0 Å². The maximum atomic E-state index is 12.7. The van der Waals surface area contributed by atoms with E-state index in [1.54, 1.807) is 0 Å². The average molecular weight is 502 g/mol. The van der Waals surface area contributed by atoms with Gasteiger partial charge in [0.1, 0.15) is 5.84 Å². The molecule has 34 heavy (non-hydrogen) atoms. The van der Waals surface area contributed by atoms with Crippen LogP contribution in [0.15, 0.2) is 45.9 Å². The summed E-state index contributed by atoms with van der Waals surface area (Å²) < 4.78 is 60.9. The average Bonchev–Trinajstić information content (AvgIpc) is 3.60. The van der Waals surface area contributed by atoms with Crippen molar-refractivity contribution in [1.29, 1.82) is 0 Å². The maximum Gasteiger partial charge on any atom is 0.501 e. The van der Waals surface area contributed by atoms with Crippen LogP contribution in [-0.2, 0) is 14.6 Å². The highest BCUT2D eigenvalue weighted by atomic mass is 32.2. The largest absolute Gasteiger partial charge is 0.501 e. The number of nitrogens with zero attached hydrogens (tertiary/aromatic N) is 1. The summed E-state index contributed by atoms with van der Waals surface area (Å²) in [7, 11) is -5.46. The number of benzene rings is 1. The van der Waals surface area contributed by atoms with Crippen molar-refractivity contribution < 1.29 is 26.4 Å². The number of amides is 1. The first-order valence-electron chi connectivity index (χ1n) is 11.2. The first-order valence-corrected chi connectivity index (χ1v) is 12.6. The van der Waals surface area contributed by atoms with Gasteiger partial charge in [0, 0.05) is 24.3 Å². The molecule has 8 nitrogen and oxygen atoms in total. The zero-order valence-corrected chi connectivity index (χ0v) is 19.6.